The molecule has 1 fully saturated rings. The predicted octanol–water partition coefficient (Wildman–Crippen LogP) is 1.97. The Morgan fingerprint density at radius 3 is 2.78 bits per heavy atom. The van der Waals surface area contributed by atoms with Crippen LogP contribution in [0.2, 0.25) is 0 Å². The van der Waals surface area contributed by atoms with Gasteiger partial charge in [-0.2, -0.15) is 0 Å². The van der Waals surface area contributed by atoms with Crippen LogP contribution in [0.3, 0.4) is 0 Å². The number of thiazole rings is 1. The predicted molar refractivity (Wildman–Crippen MR) is 73.5 cm³/mol. The van der Waals surface area contributed by atoms with Crippen molar-refractivity contribution in [3.63, 3.8) is 0 Å². The number of likely N-dealkylation sites (N-methyl/N-ethyl adjacent to an activating group) is 1. The van der Waals surface area contributed by atoms with Gasteiger partial charge in [-0.25, -0.2) is 4.98 Å². The van der Waals surface area contributed by atoms with Gasteiger partial charge in [0.1, 0.15) is 5.01 Å². The van der Waals surface area contributed by atoms with Crippen LogP contribution in [0.5, 0.6) is 0 Å². The van der Waals surface area contributed by atoms with E-state index in [-0.39, 0.29) is 17.5 Å². The van der Waals surface area contributed by atoms with E-state index in [9.17, 15) is 4.79 Å². The third-order valence-corrected chi connectivity index (χ3v) is 4.15. The highest BCUT2D eigenvalue weighted by atomic mass is 32.1. The van der Waals surface area contributed by atoms with Crippen LogP contribution in [-0.2, 0) is 11.3 Å². The fourth-order valence-corrected chi connectivity index (χ4v) is 3.07. The molecule has 18 heavy (non-hydrogen) atoms. The van der Waals surface area contributed by atoms with Crippen molar-refractivity contribution in [2.45, 2.75) is 45.3 Å². The molecule has 2 heterocycles. The molecule has 1 unspecified atom stereocenters. The fraction of sp³-hybridized carbons (Fsp3) is 0.692. The van der Waals surface area contributed by atoms with Gasteiger partial charge in [0.05, 0.1) is 12.6 Å². The van der Waals surface area contributed by atoms with Crippen molar-refractivity contribution in [2.75, 3.05) is 13.6 Å². The van der Waals surface area contributed by atoms with Crippen LogP contribution >= 0.6 is 11.3 Å². The molecule has 1 aromatic heterocycles. The van der Waals surface area contributed by atoms with Crippen LogP contribution in [0.4, 0.5) is 0 Å². The summed E-state index contributed by atoms with van der Waals surface area (Å²) < 4.78 is 0. The van der Waals surface area contributed by atoms with Crippen molar-refractivity contribution in [3.8, 4) is 0 Å². The van der Waals surface area contributed by atoms with E-state index >= 15 is 0 Å². The number of hydrogen-bond donors (Lipinski definition) is 0. The number of amides is 1. The Balaban J connectivity index is 2.00. The van der Waals surface area contributed by atoms with Crippen molar-refractivity contribution in [3.05, 3.63) is 16.6 Å². The average Bonchev–Trinajstić information content (AvgIpc) is 2.85. The number of carbonyl (C=O) groups is 1. The lowest BCUT2D eigenvalue weighted by atomic mass is 10.1. The van der Waals surface area contributed by atoms with Gasteiger partial charge in [0, 0.05) is 23.7 Å². The molecule has 1 amide bonds. The zero-order valence-corrected chi connectivity index (χ0v) is 12.3. The van der Waals surface area contributed by atoms with E-state index in [2.05, 4.69) is 30.7 Å². The summed E-state index contributed by atoms with van der Waals surface area (Å²) in [6, 6.07) is 0.00752. The van der Waals surface area contributed by atoms with Crippen LogP contribution < -0.4 is 0 Å². The first-order valence-electron chi connectivity index (χ1n) is 6.29. The lowest BCUT2D eigenvalue weighted by Crippen LogP contribution is -2.46. The maximum absolute atomic E-state index is 12.4. The maximum atomic E-state index is 12.4. The zero-order chi connectivity index (χ0) is 13.3. The summed E-state index contributed by atoms with van der Waals surface area (Å²) in [4.78, 5) is 20.8. The molecule has 1 aromatic rings. The van der Waals surface area contributed by atoms with Gasteiger partial charge in [0.15, 0.2) is 0 Å². The number of rotatable bonds is 3. The molecule has 5 heteroatoms. The summed E-state index contributed by atoms with van der Waals surface area (Å²) in [5, 5.41) is 3.04. The van der Waals surface area contributed by atoms with E-state index in [1.165, 1.54) is 0 Å². The molecule has 1 aliphatic rings. The van der Waals surface area contributed by atoms with Crippen molar-refractivity contribution in [1.82, 2.24) is 14.8 Å². The van der Waals surface area contributed by atoms with E-state index in [0.717, 1.165) is 24.5 Å². The van der Waals surface area contributed by atoms with Crippen LogP contribution in [-0.4, -0.2) is 45.9 Å². The van der Waals surface area contributed by atoms with Gasteiger partial charge in [0.2, 0.25) is 5.91 Å². The molecule has 1 aliphatic heterocycles. The number of carbonyl (C=O) groups excluding carboxylic acids is 1. The summed E-state index contributed by atoms with van der Waals surface area (Å²) in [7, 11) is 2.01. The first kappa shape index (κ1) is 13.5. The maximum Gasteiger partial charge on any atom is 0.240 e. The van der Waals surface area contributed by atoms with Gasteiger partial charge in [-0.15, -0.1) is 11.3 Å². The molecule has 4 nitrogen and oxygen atoms in total. The minimum absolute atomic E-state index is 0.00752. The van der Waals surface area contributed by atoms with E-state index in [0.29, 0.717) is 0 Å². The first-order valence-corrected chi connectivity index (χ1v) is 7.17. The molecule has 2 rings (SSSR count). The highest BCUT2D eigenvalue weighted by Gasteiger charge is 2.39. The number of nitrogens with zero attached hydrogens (tertiary/aromatic N) is 3. The van der Waals surface area contributed by atoms with Crippen LogP contribution in [0.1, 0.15) is 32.2 Å². The molecule has 0 saturated carbocycles. The van der Waals surface area contributed by atoms with Gasteiger partial charge in [-0.1, -0.05) is 0 Å². The Hall–Kier alpha value is -0.940. The Labute approximate surface area is 113 Å². The topological polar surface area (TPSA) is 36.4 Å². The van der Waals surface area contributed by atoms with Crippen LogP contribution in [0, 0.1) is 0 Å². The molecule has 0 radical (unpaired) electrons. The summed E-state index contributed by atoms with van der Waals surface area (Å²) in [5.74, 6) is 0.251. The molecule has 0 spiro atoms. The first-order chi connectivity index (χ1) is 8.39. The smallest absolute Gasteiger partial charge is 0.240 e. The number of likely N-dealkylation sites (tertiary alicyclic amines) is 1. The third kappa shape index (κ3) is 2.72. The molecule has 0 bridgehead atoms. The van der Waals surface area contributed by atoms with Gasteiger partial charge in [-0.3, -0.25) is 9.69 Å². The van der Waals surface area contributed by atoms with E-state index in [4.69, 9.17) is 0 Å². The minimum Gasteiger partial charge on any atom is -0.336 e. The van der Waals surface area contributed by atoms with Gasteiger partial charge in [-0.05, 0) is 34.2 Å². The largest absolute Gasteiger partial charge is 0.336 e. The van der Waals surface area contributed by atoms with E-state index in [1.807, 2.05) is 23.5 Å². The SMILES string of the molecule is CN(Cc1nccs1)C1CCN(C(C)(C)C)C1=O. The van der Waals surface area contributed by atoms with Crippen molar-refractivity contribution < 1.29 is 4.79 Å². The highest BCUT2D eigenvalue weighted by Crippen LogP contribution is 2.25. The van der Waals surface area contributed by atoms with Gasteiger partial charge < -0.3 is 4.90 Å². The third-order valence-electron chi connectivity index (χ3n) is 3.39. The second-order valence-electron chi connectivity index (χ2n) is 5.81. The summed E-state index contributed by atoms with van der Waals surface area (Å²) in [6.07, 6.45) is 2.73. The molecule has 0 N–H and O–H groups in total. The second kappa shape index (κ2) is 4.97. The highest BCUT2D eigenvalue weighted by molar-refractivity contribution is 7.09. The lowest BCUT2D eigenvalue weighted by Gasteiger charge is -2.32. The molecular weight excluding hydrogens is 246 g/mol. The van der Waals surface area contributed by atoms with Gasteiger partial charge in [0.25, 0.3) is 0 Å². The molecular formula is C13H21N3OS. The number of hydrogen-bond acceptors (Lipinski definition) is 4. The molecule has 1 atom stereocenters. The zero-order valence-electron chi connectivity index (χ0n) is 11.5. The monoisotopic (exact) mass is 267 g/mol. The Morgan fingerprint density at radius 2 is 2.28 bits per heavy atom. The Bertz CT molecular complexity index is 410. The molecule has 0 aromatic carbocycles. The average molecular weight is 267 g/mol. The van der Waals surface area contributed by atoms with Crippen molar-refractivity contribution in [2.24, 2.45) is 0 Å². The fourth-order valence-electron chi connectivity index (χ4n) is 2.39. The summed E-state index contributed by atoms with van der Waals surface area (Å²) in [5.41, 5.74) is -0.0755. The van der Waals surface area contributed by atoms with Crippen molar-refractivity contribution in [1.29, 1.82) is 0 Å². The molecule has 0 aliphatic carbocycles. The van der Waals surface area contributed by atoms with Crippen LogP contribution in [0.15, 0.2) is 11.6 Å². The number of aromatic nitrogens is 1. The van der Waals surface area contributed by atoms with Gasteiger partial charge >= 0.3 is 0 Å². The quantitative estimate of drug-likeness (QED) is 0.840. The molecule has 100 valence electrons. The van der Waals surface area contributed by atoms with E-state index < -0.39 is 0 Å². The lowest BCUT2D eigenvalue weighted by molar-refractivity contribution is -0.135. The van der Waals surface area contributed by atoms with Crippen LogP contribution in [0.25, 0.3) is 0 Å². The van der Waals surface area contributed by atoms with E-state index in [1.54, 1.807) is 11.3 Å². The van der Waals surface area contributed by atoms with Crippen molar-refractivity contribution >= 4 is 17.2 Å². The Kier molecular flexibility index (Phi) is 3.73. The second-order valence-corrected chi connectivity index (χ2v) is 6.79. The minimum atomic E-state index is -0.0755. The summed E-state index contributed by atoms with van der Waals surface area (Å²) in [6.45, 7) is 7.89. The summed E-state index contributed by atoms with van der Waals surface area (Å²) >= 11 is 1.64. The standard InChI is InChI=1S/C13H21N3OS/c1-13(2,3)16-7-5-10(12(16)17)15(4)9-11-14-6-8-18-11/h6,8,10H,5,7,9H2,1-4H3. The molecule has 1 saturated heterocycles. The normalized spacial score (nSPS) is 21.1. The Morgan fingerprint density at radius 1 is 1.56 bits per heavy atom.